The van der Waals surface area contributed by atoms with Gasteiger partial charge in [-0.15, -0.1) is 0 Å². The van der Waals surface area contributed by atoms with Crippen LogP contribution in [0.1, 0.15) is 31.7 Å². The molecular weight excluding hydrogens is 300 g/mol. The van der Waals surface area contributed by atoms with Crippen molar-refractivity contribution in [2.45, 2.75) is 32.7 Å². The molecule has 1 fully saturated rings. The molecule has 0 bridgehead atoms. The molecule has 106 valence electrons. The summed E-state index contributed by atoms with van der Waals surface area (Å²) >= 11 is 3.55. The Morgan fingerprint density at radius 3 is 2.89 bits per heavy atom. The van der Waals surface area contributed by atoms with E-state index >= 15 is 0 Å². The first-order valence-corrected chi connectivity index (χ1v) is 8.06. The van der Waals surface area contributed by atoms with Crippen LogP contribution in [-0.2, 0) is 6.54 Å². The molecule has 0 amide bonds. The zero-order valence-electron chi connectivity index (χ0n) is 12.1. The van der Waals surface area contributed by atoms with Gasteiger partial charge in [0.2, 0.25) is 0 Å². The predicted molar refractivity (Wildman–Crippen MR) is 85.3 cm³/mol. The fourth-order valence-electron chi connectivity index (χ4n) is 3.33. The van der Waals surface area contributed by atoms with Crippen molar-refractivity contribution in [2.75, 3.05) is 26.7 Å². The van der Waals surface area contributed by atoms with Crippen molar-refractivity contribution in [2.24, 2.45) is 5.41 Å². The van der Waals surface area contributed by atoms with E-state index in [2.05, 4.69) is 64.4 Å². The summed E-state index contributed by atoms with van der Waals surface area (Å²) in [6, 6.07) is 8.63. The van der Waals surface area contributed by atoms with Gasteiger partial charge in [-0.2, -0.15) is 0 Å². The van der Waals surface area contributed by atoms with E-state index in [0.717, 1.165) is 6.54 Å². The summed E-state index contributed by atoms with van der Waals surface area (Å²) < 4.78 is 1.17. The Labute approximate surface area is 125 Å². The molecule has 19 heavy (non-hydrogen) atoms. The number of nitrogens with one attached hydrogen (secondary N) is 1. The number of benzene rings is 1. The molecule has 1 atom stereocenters. The molecule has 1 unspecified atom stereocenters. The van der Waals surface area contributed by atoms with Gasteiger partial charge in [0.25, 0.3) is 0 Å². The van der Waals surface area contributed by atoms with Crippen LogP contribution in [0.5, 0.6) is 0 Å². The van der Waals surface area contributed by atoms with Gasteiger partial charge in [0.1, 0.15) is 0 Å². The summed E-state index contributed by atoms with van der Waals surface area (Å²) in [4.78, 5) is 2.48. The third-order valence-electron chi connectivity index (χ3n) is 4.06. The predicted octanol–water partition coefficient (Wildman–Crippen LogP) is 3.66. The average molecular weight is 325 g/mol. The van der Waals surface area contributed by atoms with Crippen molar-refractivity contribution in [3.63, 3.8) is 0 Å². The molecule has 1 aromatic carbocycles. The monoisotopic (exact) mass is 324 g/mol. The van der Waals surface area contributed by atoms with Crippen molar-refractivity contribution in [1.29, 1.82) is 0 Å². The van der Waals surface area contributed by atoms with Crippen LogP contribution in [0.25, 0.3) is 0 Å². The lowest BCUT2D eigenvalue weighted by molar-refractivity contribution is 0.172. The van der Waals surface area contributed by atoms with Crippen molar-refractivity contribution >= 4 is 15.9 Å². The van der Waals surface area contributed by atoms with Crippen molar-refractivity contribution in [1.82, 2.24) is 10.2 Å². The third kappa shape index (κ3) is 4.30. The molecule has 1 N–H and O–H groups in total. The van der Waals surface area contributed by atoms with Crippen LogP contribution >= 0.6 is 15.9 Å². The Morgan fingerprint density at radius 1 is 1.42 bits per heavy atom. The van der Waals surface area contributed by atoms with Crippen molar-refractivity contribution in [3.8, 4) is 0 Å². The Balaban J connectivity index is 1.94. The van der Waals surface area contributed by atoms with E-state index in [1.165, 1.54) is 48.9 Å². The zero-order valence-corrected chi connectivity index (χ0v) is 13.7. The molecule has 1 aliphatic rings. The summed E-state index contributed by atoms with van der Waals surface area (Å²) in [7, 11) is 2.25. The fourth-order valence-corrected chi connectivity index (χ4v) is 3.78. The molecule has 0 aromatic heterocycles. The molecule has 1 saturated heterocycles. The SMILES string of the molecule is CCCC1(CN(C)Cc2cccc(Br)c2)CCNC1. The molecular formula is C16H25BrN2. The van der Waals surface area contributed by atoms with Gasteiger partial charge in [0.05, 0.1) is 0 Å². The maximum absolute atomic E-state index is 3.55. The number of hydrogen-bond donors (Lipinski definition) is 1. The van der Waals surface area contributed by atoms with Gasteiger partial charge in [-0.1, -0.05) is 41.4 Å². The van der Waals surface area contributed by atoms with Crippen LogP contribution in [0.2, 0.25) is 0 Å². The number of hydrogen-bond acceptors (Lipinski definition) is 2. The van der Waals surface area contributed by atoms with Crippen LogP contribution in [0.4, 0.5) is 0 Å². The topological polar surface area (TPSA) is 15.3 Å². The summed E-state index contributed by atoms with van der Waals surface area (Å²) in [6.45, 7) is 6.90. The minimum Gasteiger partial charge on any atom is -0.316 e. The summed E-state index contributed by atoms with van der Waals surface area (Å²) in [5.74, 6) is 0. The highest BCUT2D eigenvalue weighted by atomic mass is 79.9. The van der Waals surface area contributed by atoms with Gasteiger partial charge in [0, 0.05) is 24.1 Å². The van der Waals surface area contributed by atoms with Gasteiger partial charge in [-0.05, 0) is 49.5 Å². The highest BCUT2D eigenvalue weighted by molar-refractivity contribution is 9.10. The third-order valence-corrected chi connectivity index (χ3v) is 4.55. The maximum Gasteiger partial charge on any atom is 0.0231 e. The van der Waals surface area contributed by atoms with E-state index in [9.17, 15) is 0 Å². The second-order valence-corrected chi connectivity index (χ2v) is 6.89. The molecule has 3 heteroatoms. The maximum atomic E-state index is 3.55. The first-order valence-electron chi connectivity index (χ1n) is 7.27. The van der Waals surface area contributed by atoms with Gasteiger partial charge in [-0.25, -0.2) is 0 Å². The van der Waals surface area contributed by atoms with Crippen LogP contribution in [-0.4, -0.2) is 31.6 Å². The molecule has 0 spiro atoms. The zero-order chi connectivity index (χ0) is 13.7. The summed E-state index contributed by atoms with van der Waals surface area (Å²) in [6.07, 6.45) is 3.94. The lowest BCUT2D eigenvalue weighted by Gasteiger charge is -2.33. The van der Waals surface area contributed by atoms with Crippen molar-refractivity contribution in [3.05, 3.63) is 34.3 Å². The lowest BCUT2D eigenvalue weighted by Crippen LogP contribution is -2.37. The average Bonchev–Trinajstić information content (AvgIpc) is 2.77. The van der Waals surface area contributed by atoms with Gasteiger partial charge in [0.15, 0.2) is 0 Å². The van der Waals surface area contributed by atoms with E-state index in [1.807, 2.05) is 0 Å². The summed E-state index contributed by atoms with van der Waals surface area (Å²) in [5.41, 5.74) is 1.88. The van der Waals surface area contributed by atoms with Crippen LogP contribution in [0, 0.1) is 5.41 Å². The first-order chi connectivity index (χ1) is 9.13. The second-order valence-electron chi connectivity index (χ2n) is 5.98. The van der Waals surface area contributed by atoms with Gasteiger partial charge < -0.3 is 10.2 Å². The molecule has 1 aromatic rings. The van der Waals surface area contributed by atoms with E-state index in [1.54, 1.807) is 0 Å². The summed E-state index contributed by atoms with van der Waals surface area (Å²) in [5, 5.41) is 3.54. The largest absolute Gasteiger partial charge is 0.316 e. The smallest absolute Gasteiger partial charge is 0.0231 e. The lowest BCUT2D eigenvalue weighted by atomic mass is 9.82. The number of rotatable bonds is 6. The Bertz CT molecular complexity index is 399. The standard InChI is InChI=1S/C16H25BrN2/c1-3-7-16(8-9-18-12-16)13-19(2)11-14-5-4-6-15(17)10-14/h4-6,10,18H,3,7-9,11-13H2,1-2H3. The molecule has 0 radical (unpaired) electrons. The van der Waals surface area contributed by atoms with Crippen LogP contribution < -0.4 is 5.32 Å². The Morgan fingerprint density at radius 2 is 2.26 bits per heavy atom. The fraction of sp³-hybridized carbons (Fsp3) is 0.625. The van der Waals surface area contributed by atoms with Crippen LogP contribution in [0.15, 0.2) is 28.7 Å². The minimum atomic E-state index is 0.496. The molecule has 2 nitrogen and oxygen atoms in total. The van der Waals surface area contributed by atoms with E-state index in [4.69, 9.17) is 0 Å². The molecule has 2 rings (SSSR count). The van der Waals surface area contributed by atoms with Crippen LogP contribution in [0.3, 0.4) is 0 Å². The van der Waals surface area contributed by atoms with E-state index < -0.39 is 0 Å². The van der Waals surface area contributed by atoms with E-state index in [-0.39, 0.29) is 0 Å². The molecule has 0 aliphatic carbocycles. The number of nitrogens with zero attached hydrogens (tertiary/aromatic N) is 1. The highest BCUT2D eigenvalue weighted by Gasteiger charge is 2.33. The normalized spacial score (nSPS) is 23.2. The first kappa shape index (κ1) is 15.0. The Kier molecular flexibility index (Phi) is 5.43. The van der Waals surface area contributed by atoms with Crippen molar-refractivity contribution < 1.29 is 0 Å². The number of halogens is 1. The molecule has 1 heterocycles. The molecule has 1 aliphatic heterocycles. The minimum absolute atomic E-state index is 0.496. The quantitative estimate of drug-likeness (QED) is 0.859. The van der Waals surface area contributed by atoms with Gasteiger partial charge >= 0.3 is 0 Å². The molecule has 0 saturated carbocycles. The second kappa shape index (κ2) is 6.87. The Hall–Kier alpha value is -0.380. The van der Waals surface area contributed by atoms with Gasteiger partial charge in [-0.3, -0.25) is 0 Å². The van der Waals surface area contributed by atoms with E-state index in [0.29, 0.717) is 5.41 Å². The highest BCUT2D eigenvalue weighted by Crippen LogP contribution is 2.32.